The molecule has 0 spiro atoms. The number of unbranched alkanes of at least 4 members (excludes halogenated alkanes) is 14. The van der Waals surface area contributed by atoms with E-state index in [9.17, 15) is 9.59 Å². The molecule has 0 aliphatic heterocycles. The molecule has 0 aliphatic rings. The maximum Gasteiger partial charge on any atom is 0.305 e. The number of hydrogen-bond acceptors (Lipinski definition) is 6. The molecule has 0 heterocycles. The number of rotatable bonds is 28. The van der Waals surface area contributed by atoms with Crippen molar-refractivity contribution in [3.8, 4) is 0 Å². The van der Waals surface area contributed by atoms with Crippen molar-refractivity contribution in [2.45, 2.75) is 116 Å². The van der Waals surface area contributed by atoms with Crippen molar-refractivity contribution in [1.29, 1.82) is 0 Å². The Morgan fingerprint density at radius 3 is 1.32 bits per heavy atom. The van der Waals surface area contributed by atoms with E-state index in [1.807, 2.05) is 0 Å². The molecule has 0 atom stereocenters. The van der Waals surface area contributed by atoms with Gasteiger partial charge >= 0.3 is 11.9 Å². The molecule has 0 bridgehead atoms. The molecule has 0 aromatic carbocycles. The lowest BCUT2D eigenvalue weighted by molar-refractivity contribution is -0.145. The van der Waals surface area contributed by atoms with Crippen molar-refractivity contribution in [1.82, 2.24) is 0 Å². The van der Waals surface area contributed by atoms with Crippen molar-refractivity contribution in [2.75, 3.05) is 46.2 Å². The number of hydrogen-bond donors (Lipinski definition) is 1. The Morgan fingerprint density at radius 1 is 0.500 bits per heavy atom. The van der Waals surface area contributed by atoms with Gasteiger partial charge in [0.25, 0.3) is 0 Å². The lowest BCUT2D eigenvalue weighted by atomic mass is 10.0. The predicted octanol–water partition coefficient (Wildman–Crippen LogP) is 6.32. The van der Waals surface area contributed by atoms with Crippen LogP contribution in [0.5, 0.6) is 0 Å². The monoisotopic (exact) mass is 488 g/mol. The summed E-state index contributed by atoms with van der Waals surface area (Å²) in [7, 11) is 0. The van der Waals surface area contributed by atoms with E-state index in [4.69, 9.17) is 24.1 Å². The molecular weight excluding hydrogens is 436 g/mol. The Bertz CT molecular complexity index is 443. The molecule has 0 amide bonds. The maximum atomic E-state index is 11.7. The lowest BCUT2D eigenvalue weighted by Gasteiger charge is -2.07. The van der Waals surface area contributed by atoms with Gasteiger partial charge in [0.2, 0.25) is 0 Å². The summed E-state index contributed by atoms with van der Waals surface area (Å²) in [5.74, 6) is -1.02. The van der Waals surface area contributed by atoms with E-state index in [-0.39, 0.29) is 25.6 Å². The van der Waals surface area contributed by atoms with Gasteiger partial charge < -0.3 is 24.1 Å². The van der Waals surface area contributed by atoms with Gasteiger partial charge in [-0.2, -0.15) is 0 Å². The Kier molecular flexibility index (Phi) is 27.1. The molecule has 0 aromatic rings. The normalized spacial score (nSPS) is 11.1. The highest BCUT2D eigenvalue weighted by molar-refractivity contribution is 5.69. The molecule has 0 aliphatic carbocycles. The summed E-state index contributed by atoms with van der Waals surface area (Å²) in [5, 5.41) is 8.47. The second kappa shape index (κ2) is 28.1. The largest absolute Gasteiger partial charge is 0.481 e. The maximum absolute atomic E-state index is 11.7. The van der Waals surface area contributed by atoms with E-state index in [0.717, 1.165) is 12.8 Å². The molecule has 7 heteroatoms. The third-order valence-electron chi connectivity index (χ3n) is 5.68. The summed E-state index contributed by atoms with van der Waals surface area (Å²) < 4.78 is 20.9. The minimum atomic E-state index is -0.871. The molecule has 0 unspecified atom stereocenters. The van der Waals surface area contributed by atoms with Gasteiger partial charge in [-0.3, -0.25) is 9.59 Å². The Hall–Kier alpha value is -1.18. The molecule has 7 nitrogen and oxygen atoms in total. The van der Waals surface area contributed by atoms with E-state index in [1.165, 1.54) is 83.5 Å². The summed E-state index contributed by atoms with van der Waals surface area (Å²) >= 11 is 0. The second-order valence-electron chi connectivity index (χ2n) is 8.90. The van der Waals surface area contributed by atoms with Gasteiger partial charge in [0, 0.05) is 6.42 Å². The summed E-state index contributed by atoms with van der Waals surface area (Å²) in [6, 6.07) is 0. The van der Waals surface area contributed by atoms with Gasteiger partial charge in [0.1, 0.15) is 6.61 Å². The Morgan fingerprint density at radius 2 is 0.882 bits per heavy atom. The highest BCUT2D eigenvalue weighted by Gasteiger charge is 2.03. The zero-order valence-electron chi connectivity index (χ0n) is 21.9. The fourth-order valence-corrected chi connectivity index (χ4v) is 3.63. The topological polar surface area (TPSA) is 91.3 Å². The third kappa shape index (κ3) is 28.9. The smallest absolute Gasteiger partial charge is 0.305 e. The van der Waals surface area contributed by atoms with Crippen molar-refractivity contribution < 1.29 is 33.6 Å². The molecule has 0 rings (SSSR count). The second-order valence-corrected chi connectivity index (χ2v) is 8.90. The molecule has 1 N–H and O–H groups in total. The van der Waals surface area contributed by atoms with Crippen LogP contribution in [0.2, 0.25) is 0 Å². The van der Waals surface area contributed by atoms with Crippen molar-refractivity contribution in [2.24, 2.45) is 0 Å². The first-order valence-electron chi connectivity index (χ1n) is 13.8. The molecule has 0 saturated heterocycles. The SMILES string of the molecule is CCCCCCCCCCCCCCCCCC(=O)OCCOCCOCCOCCC(=O)O. The fraction of sp³-hybridized carbons (Fsp3) is 0.926. The van der Waals surface area contributed by atoms with E-state index in [0.29, 0.717) is 39.5 Å². The molecule has 0 fully saturated rings. The van der Waals surface area contributed by atoms with E-state index in [2.05, 4.69) is 6.92 Å². The van der Waals surface area contributed by atoms with Crippen LogP contribution in [0.25, 0.3) is 0 Å². The van der Waals surface area contributed by atoms with E-state index >= 15 is 0 Å². The first kappa shape index (κ1) is 32.8. The van der Waals surface area contributed by atoms with Crippen LogP contribution in [0, 0.1) is 0 Å². The molecule has 0 aromatic heterocycles. The zero-order chi connectivity index (χ0) is 25.0. The number of esters is 1. The highest BCUT2D eigenvalue weighted by atomic mass is 16.6. The Balaban J connectivity index is 3.15. The van der Waals surface area contributed by atoms with Gasteiger partial charge in [-0.05, 0) is 6.42 Å². The molecule has 0 radical (unpaired) electrons. The predicted molar refractivity (Wildman–Crippen MR) is 135 cm³/mol. The van der Waals surface area contributed by atoms with Gasteiger partial charge in [-0.1, -0.05) is 96.8 Å². The molecule has 34 heavy (non-hydrogen) atoms. The Labute approximate surface area is 208 Å². The number of carbonyl (C=O) groups is 2. The first-order chi connectivity index (χ1) is 16.7. The van der Waals surface area contributed by atoms with Crippen molar-refractivity contribution in [3.63, 3.8) is 0 Å². The average molecular weight is 489 g/mol. The molecular formula is C27H52O7. The van der Waals surface area contributed by atoms with Crippen molar-refractivity contribution in [3.05, 3.63) is 0 Å². The summed E-state index contributed by atoms with van der Waals surface area (Å²) in [6.07, 6.45) is 20.2. The average Bonchev–Trinajstić information content (AvgIpc) is 2.82. The van der Waals surface area contributed by atoms with Crippen LogP contribution in [0.1, 0.15) is 116 Å². The fourth-order valence-electron chi connectivity index (χ4n) is 3.63. The minimum absolute atomic E-state index is 0.00126. The number of aliphatic carboxylic acids is 1. The van der Waals surface area contributed by atoms with Gasteiger partial charge in [-0.25, -0.2) is 0 Å². The third-order valence-corrected chi connectivity index (χ3v) is 5.68. The quantitative estimate of drug-likeness (QED) is 0.102. The van der Waals surface area contributed by atoms with Gasteiger partial charge in [0.05, 0.1) is 46.1 Å². The lowest BCUT2D eigenvalue weighted by Crippen LogP contribution is -2.14. The summed E-state index contributed by atoms with van der Waals surface area (Å²) in [6.45, 7) is 4.71. The number of carboxylic acid groups (broad SMARTS) is 1. The van der Waals surface area contributed by atoms with Gasteiger partial charge in [0.15, 0.2) is 0 Å². The summed E-state index contributed by atoms with van der Waals surface area (Å²) in [5.41, 5.74) is 0. The summed E-state index contributed by atoms with van der Waals surface area (Å²) in [4.78, 5) is 22.0. The number of ether oxygens (including phenoxy) is 4. The van der Waals surface area contributed by atoms with Crippen LogP contribution in [0.3, 0.4) is 0 Å². The first-order valence-corrected chi connectivity index (χ1v) is 13.8. The minimum Gasteiger partial charge on any atom is -0.481 e. The van der Waals surface area contributed by atoms with E-state index in [1.54, 1.807) is 0 Å². The highest BCUT2D eigenvalue weighted by Crippen LogP contribution is 2.13. The molecule has 202 valence electrons. The van der Waals surface area contributed by atoms with Crippen LogP contribution in [0.4, 0.5) is 0 Å². The van der Waals surface area contributed by atoms with Gasteiger partial charge in [-0.15, -0.1) is 0 Å². The van der Waals surface area contributed by atoms with Crippen LogP contribution >= 0.6 is 0 Å². The number of carboxylic acids is 1. The zero-order valence-corrected chi connectivity index (χ0v) is 21.9. The van der Waals surface area contributed by atoms with Crippen LogP contribution < -0.4 is 0 Å². The van der Waals surface area contributed by atoms with E-state index < -0.39 is 5.97 Å². The standard InChI is InChI=1S/C27H52O7/c1-2-3-4-5-6-7-8-9-10-11-12-13-14-15-16-17-27(30)34-25-24-33-23-22-32-21-20-31-19-18-26(28)29/h2-25H2,1H3,(H,28,29). The van der Waals surface area contributed by atoms with Crippen LogP contribution in [0.15, 0.2) is 0 Å². The van der Waals surface area contributed by atoms with Crippen LogP contribution in [-0.2, 0) is 28.5 Å². The van der Waals surface area contributed by atoms with Crippen LogP contribution in [-0.4, -0.2) is 63.3 Å². The molecule has 0 saturated carbocycles. The number of carbonyl (C=O) groups excluding carboxylic acids is 1. The van der Waals surface area contributed by atoms with Crippen molar-refractivity contribution >= 4 is 11.9 Å².